The predicted octanol–water partition coefficient (Wildman–Crippen LogP) is 3.19. The van der Waals surface area contributed by atoms with Crippen LogP contribution < -0.4 is 0 Å². The fourth-order valence-electron chi connectivity index (χ4n) is 2.63. The van der Waals surface area contributed by atoms with Crippen molar-refractivity contribution in [3.8, 4) is 0 Å². The van der Waals surface area contributed by atoms with Gasteiger partial charge in [-0.25, -0.2) is 0 Å². The molecule has 2 aliphatic carbocycles. The van der Waals surface area contributed by atoms with Crippen LogP contribution >= 0.6 is 0 Å². The van der Waals surface area contributed by atoms with Crippen LogP contribution in [0, 0.1) is 0 Å². The van der Waals surface area contributed by atoms with Gasteiger partial charge in [0.25, 0.3) is 0 Å². The molecule has 0 saturated heterocycles. The molecule has 0 heterocycles. The molecule has 2 aromatic rings. The number of ketones is 2. The van der Waals surface area contributed by atoms with Crippen molar-refractivity contribution in [1.82, 2.24) is 0 Å². The Hall–Kier alpha value is -2.48. The first-order valence-electron chi connectivity index (χ1n) is 6.67. The largest absolute Gasteiger partial charge is 0.290 e. The summed E-state index contributed by atoms with van der Waals surface area (Å²) < 4.78 is 0. The van der Waals surface area contributed by atoms with Crippen molar-refractivity contribution in [2.75, 3.05) is 0 Å². The van der Waals surface area contributed by atoms with E-state index in [2.05, 4.69) is 36.4 Å². The maximum absolute atomic E-state index is 10.3. The van der Waals surface area contributed by atoms with Crippen LogP contribution in [0.25, 0.3) is 10.8 Å². The molecule has 0 saturated carbocycles. The van der Waals surface area contributed by atoms with Crippen LogP contribution in [0.5, 0.6) is 0 Å². The Morgan fingerprint density at radius 2 is 1.10 bits per heavy atom. The Morgan fingerprint density at radius 1 is 0.650 bits per heavy atom. The molecule has 0 amide bonds. The molecule has 0 spiro atoms. The highest BCUT2D eigenvalue weighted by molar-refractivity contribution is 6.14. The van der Waals surface area contributed by atoms with Gasteiger partial charge in [0.05, 0.1) is 0 Å². The van der Waals surface area contributed by atoms with Gasteiger partial charge < -0.3 is 0 Å². The number of rotatable bonds is 0. The van der Waals surface area contributed by atoms with Crippen molar-refractivity contribution in [3.63, 3.8) is 0 Å². The third-order valence-electron chi connectivity index (χ3n) is 3.56. The first-order valence-corrected chi connectivity index (χ1v) is 6.67. The van der Waals surface area contributed by atoms with Gasteiger partial charge in [0.1, 0.15) is 0 Å². The number of carbonyl (C=O) groups excluding carboxylic acids is 2. The summed E-state index contributed by atoms with van der Waals surface area (Å²) in [5.41, 5.74) is 3.06. The lowest BCUT2D eigenvalue weighted by molar-refractivity contribution is -0.113. The van der Waals surface area contributed by atoms with Gasteiger partial charge in [-0.1, -0.05) is 36.4 Å². The van der Waals surface area contributed by atoms with Crippen molar-refractivity contribution in [2.45, 2.75) is 12.8 Å². The van der Waals surface area contributed by atoms with Gasteiger partial charge in [0, 0.05) is 0 Å². The van der Waals surface area contributed by atoms with Crippen molar-refractivity contribution < 1.29 is 9.59 Å². The molecule has 4 rings (SSSR count). The summed E-state index contributed by atoms with van der Waals surface area (Å²) in [4.78, 5) is 20.6. The van der Waals surface area contributed by atoms with Crippen LogP contribution in [0.3, 0.4) is 0 Å². The minimum absolute atomic E-state index is 0.121. The van der Waals surface area contributed by atoms with Gasteiger partial charge in [0.2, 0.25) is 0 Å². The molecule has 2 heteroatoms. The zero-order valence-electron chi connectivity index (χ0n) is 11.0. The lowest BCUT2D eigenvalue weighted by atomic mass is 10.1. The molecule has 20 heavy (non-hydrogen) atoms. The summed E-state index contributed by atoms with van der Waals surface area (Å²) in [5, 5.41) is 2.92. The summed E-state index contributed by atoms with van der Waals surface area (Å²) in [5.74, 6) is -0.241. The number of aryl methyl sites for hydroxylation is 2. The molecule has 0 aliphatic heterocycles. The lowest BCUT2D eigenvalue weighted by Gasteiger charge is -1.99. The van der Waals surface area contributed by atoms with E-state index in [4.69, 9.17) is 0 Å². The zero-order chi connectivity index (χ0) is 13.9. The lowest BCUT2D eigenvalue weighted by Crippen LogP contribution is -1.97. The van der Waals surface area contributed by atoms with Crippen molar-refractivity contribution in [3.05, 3.63) is 71.8 Å². The van der Waals surface area contributed by atoms with Gasteiger partial charge >= 0.3 is 0 Å². The minimum Gasteiger partial charge on any atom is -0.290 e. The van der Waals surface area contributed by atoms with Crippen LogP contribution in [0.15, 0.2) is 60.7 Å². The highest BCUT2D eigenvalue weighted by atomic mass is 16.1. The summed E-state index contributed by atoms with van der Waals surface area (Å²) in [6.45, 7) is 0. The SMILES string of the molecule is O=C1C=CC(=O)C=C1.c1cc2c3c(cccc3c1)CC2. The van der Waals surface area contributed by atoms with Crippen LogP contribution in [-0.2, 0) is 22.4 Å². The predicted molar refractivity (Wildman–Crippen MR) is 79.7 cm³/mol. The van der Waals surface area contributed by atoms with Crippen LogP contribution in [0.4, 0.5) is 0 Å². The maximum atomic E-state index is 10.3. The van der Waals surface area contributed by atoms with Gasteiger partial charge in [-0.3, -0.25) is 9.59 Å². The van der Waals surface area contributed by atoms with Crippen LogP contribution in [0.2, 0.25) is 0 Å². The molecule has 2 aromatic carbocycles. The standard InChI is InChI=1S/C12H10.C6H4O2/c1-3-9-4-2-6-11-8-7-10(5-1)12(9)11;7-5-1-2-6(8)4-3-5/h1-6H,7-8H2;1-4H. The van der Waals surface area contributed by atoms with Crippen LogP contribution in [-0.4, -0.2) is 11.6 Å². The number of hydrogen-bond acceptors (Lipinski definition) is 2. The van der Waals surface area contributed by atoms with Crippen LogP contribution in [0.1, 0.15) is 11.1 Å². The molecule has 2 nitrogen and oxygen atoms in total. The van der Waals surface area contributed by atoms with Gasteiger partial charge in [-0.05, 0) is 59.0 Å². The van der Waals surface area contributed by atoms with Gasteiger partial charge in [-0.2, -0.15) is 0 Å². The second kappa shape index (κ2) is 5.25. The van der Waals surface area contributed by atoms with Gasteiger partial charge in [-0.15, -0.1) is 0 Å². The van der Waals surface area contributed by atoms with Crippen molar-refractivity contribution in [1.29, 1.82) is 0 Å². The molecule has 0 N–H and O–H groups in total. The third kappa shape index (κ3) is 2.45. The molecule has 98 valence electrons. The topological polar surface area (TPSA) is 34.1 Å². The van der Waals surface area contributed by atoms with E-state index in [1.807, 2.05) is 0 Å². The average Bonchev–Trinajstić information content (AvgIpc) is 2.89. The second-order valence-corrected chi connectivity index (χ2v) is 4.90. The van der Waals surface area contributed by atoms with Gasteiger partial charge in [0.15, 0.2) is 11.6 Å². The fraction of sp³-hybridized carbons (Fsp3) is 0.111. The average molecular weight is 262 g/mol. The van der Waals surface area contributed by atoms with Crippen molar-refractivity contribution >= 4 is 22.3 Å². The minimum atomic E-state index is -0.121. The highest BCUT2D eigenvalue weighted by Crippen LogP contribution is 2.29. The monoisotopic (exact) mass is 262 g/mol. The number of hydrogen-bond donors (Lipinski definition) is 0. The zero-order valence-corrected chi connectivity index (χ0v) is 11.0. The Labute approximate surface area is 117 Å². The summed E-state index contributed by atoms with van der Waals surface area (Å²) in [7, 11) is 0. The Bertz CT molecular complexity index is 674. The second-order valence-electron chi connectivity index (χ2n) is 4.90. The molecule has 0 atom stereocenters. The van der Waals surface area contributed by atoms with E-state index in [1.165, 1.54) is 59.0 Å². The van der Waals surface area contributed by atoms with E-state index in [1.54, 1.807) is 0 Å². The van der Waals surface area contributed by atoms with E-state index in [0.717, 1.165) is 0 Å². The molecular weight excluding hydrogens is 248 g/mol. The number of carbonyl (C=O) groups is 2. The Kier molecular flexibility index (Phi) is 3.30. The maximum Gasteiger partial charge on any atom is 0.178 e. The smallest absolute Gasteiger partial charge is 0.178 e. The highest BCUT2D eigenvalue weighted by Gasteiger charge is 2.11. The van der Waals surface area contributed by atoms with E-state index < -0.39 is 0 Å². The van der Waals surface area contributed by atoms with E-state index >= 15 is 0 Å². The molecule has 0 unspecified atom stereocenters. The summed E-state index contributed by atoms with van der Waals surface area (Å²) in [6, 6.07) is 13.2. The molecule has 0 aromatic heterocycles. The molecule has 2 aliphatic rings. The first kappa shape index (κ1) is 12.5. The van der Waals surface area contributed by atoms with Crippen molar-refractivity contribution in [2.24, 2.45) is 0 Å². The quantitative estimate of drug-likeness (QED) is 0.683. The summed E-state index contributed by atoms with van der Waals surface area (Å²) >= 11 is 0. The number of allylic oxidation sites excluding steroid dienone is 4. The van der Waals surface area contributed by atoms with E-state index in [0.29, 0.717) is 0 Å². The Balaban J connectivity index is 0.000000133. The molecule has 0 bridgehead atoms. The fourth-order valence-corrected chi connectivity index (χ4v) is 2.63. The molecular formula is C18H14O2. The van der Waals surface area contributed by atoms with E-state index in [-0.39, 0.29) is 11.6 Å². The molecule has 0 radical (unpaired) electrons. The Morgan fingerprint density at radius 3 is 1.55 bits per heavy atom. The first-order chi connectivity index (χ1) is 9.74. The summed E-state index contributed by atoms with van der Waals surface area (Å²) in [6.07, 6.45) is 7.47. The number of benzene rings is 2. The molecule has 0 fully saturated rings. The third-order valence-corrected chi connectivity index (χ3v) is 3.56. The van der Waals surface area contributed by atoms with E-state index in [9.17, 15) is 9.59 Å². The normalized spacial score (nSPS) is 15.4.